The molecule has 0 spiro atoms. The summed E-state index contributed by atoms with van der Waals surface area (Å²) in [5.74, 6) is 0.525. The van der Waals surface area contributed by atoms with Gasteiger partial charge >= 0.3 is 0 Å². The Labute approximate surface area is 92.5 Å². The molecule has 0 unspecified atom stereocenters. The van der Waals surface area contributed by atoms with Gasteiger partial charge in [-0.3, -0.25) is 0 Å². The lowest BCUT2D eigenvalue weighted by Crippen LogP contribution is -1.86. The van der Waals surface area contributed by atoms with Crippen LogP contribution in [0.15, 0.2) is 18.2 Å². The Kier molecular flexibility index (Phi) is 2.66. The maximum absolute atomic E-state index is 5.95. The molecule has 0 radical (unpaired) electrons. The molecule has 14 heavy (non-hydrogen) atoms. The summed E-state index contributed by atoms with van der Waals surface area (Å²) in [5, 5.41) is 1.22. The van der Waals surface area contributed by atoms with Gasteiger partial charge in [0.1, 0.15) is 0 Å². The highest BCUT2D eigenvalue weighted by Crippen LogP contribution is 2.32. The summed E-state index contributed by atoms with van der Waals surface area (Å²) >= 11 is 7.56. The number of anilines is 1. The topological polar surface area (TPSA) is 26.0 Å². The van der Waals surface area contributed by atoms with E-state index in [2.05, 4.69) is 19.1 Å². The summed E-state index contributed by atoms with van der Waals surface area (Å²) in [6.07, 6.45) is 1.06. The smallest absolute Gasteiger partial charge is 0.0575 e. The third-order valence-electron chi connectivity index (χ3n) is 2.26. The van der Waals surface area contributed by atoms with Crippen LogP contribution in [0.1, 0.15) is 17.4 Å². The molecule has 0 amide bonds. The Bertz CT molecular complexity index is 462. The highest BCUT2D eigenvalue weighted by atomic mass is 35.5. The maximum atomic E-state index is 5.95. The minimum atomic E-state index is 0.525. The first-order valence-corrected chi connectivity index (χ1v) is 5.96. The van der Waals surface area contributed by atoms with Crippen molar-refractivity contribution in [3.8, 4) is 0 Å². The number of aryl methyl sites for hydroxylation is 1. The number of alkyl halides is 1. The number of thiophene rings is 1. The number of halogens is 1. The van der Waals surface area contributed by atoms with Gasteiger partial charge in [0.25, 0.3) is 0 Å². The van der Waals surface area contributed by atoms with Crippen LogP contribution in [0.5, 0.6) is 0 Å². The lowest BCUT2D eigenvalue weighted by Gasteiger charge is -1.99. The molecular weight excluding hydrogens is 214 g/mol. The van der Waals surface area contributed by atoms with E-state index in [1.807, 2.05) is 6.07 Å². The molecule has 0 aliphatic heterocycles. The molecule has 2 aromatic rings. The molecule has 74 valence electrons. The second-order valence-corrected chi connectivity index (χ2v) is 4.71. The summed E-state index contributed by atoms with van der Waals surface area (Å²) in [6.45, 7) is 2.16. The molecule has 0 fully saturated rings. The van der Waals surface area contributed by atoms with Crippen LogP contribution in [0.25, 0.3) is 10.1 Å². The Hall–Kier alpha value is -0.730. The van der Waals surface area contributed by atoms with Crippen molar-refractivity contribution in [3.63, 3.8) is 0 Å². The molecule has 1 aromatic carbocycles. The molecule has 0 saturated heterocycles. The first kappa shape index (κ1) is 9.81. The first-order valence-electron chi connectivity index (χ1n) is 4.61. The largest absolute Gasteiger partial charge is 0.398 e. The van der Waals surface area contributed by atoms with Crippen molar-refractivity contribution in [2.45, 2.75) is 19.2 Å². The fourth-order valence-corrected chi connectivity index (χ4v) is 2.71. The number of benzene rings is 1. The van der Waals surface area contributed by atoms with Crippen LogP contribution in [0.4, 0.5) is 5.69 Å². The van der Waals surface area contributed by atoms with Crippen molar-refractivity contribution >= 4 is 38.7 Å². The average Bonchev–Trinajstić information content (AvgIpc) is 2.61. The molecule has 0 atom stereocenters. The zero-order chi connectivity index (χ0) is 10.1. The number of hydrogen-bond donors (Lipinski definition) is 1. The van der Waals surface area contributed by atoms with Crippen molar-refractivity contribution in [3.05, 3.63) is 28.6 Å². The Morgan fingerprint density at radius 2 is 2.14 bits per heavy atom. The van der Waals surface area contributed by atoms with E-state index in [1.54, 1.807) is 11.3 Å². The highest BCUT2D eigenvalue weighted by molar-refractivity contribution is 7.19. The van der Waals surface area contributed by atoms with Crippen molar-refractivity contribution in [1.29, 1.82) is 0 Å². The van der Waals surface area contributed by atoms with E-state index in [-0.39, 0.29) is 0 Å². The minimum absolute atomic E-state index is 0.525. The van der Waals surface area contributed by atoms with E-state index in [0.717, 1.165) is 17.7 Å². The van der Waals surface area contributed by atoms with Crippen LogP contribution < -0.4 is 5.73 Å². The van der Waals surface area contributed by atoms with E-state index in [0.29, 0.717) is 5.88 Å². The van der Waals surface area contributed by atoms with E-state index >= 15 is 0 Å². The van der Waals surface area contributed by atoms with Gasteiger partial charge in [-0.15, -0.1) is 22.9 Å². The van der Waals surface area contributed by atoms with Gasteiger partial charge in [-0.05, 0) is 35.6 Å². The molecule has 0 aliphatic rings. The van der Waals surface area contributed by atoms with Crippen molar-refractivity contribution in [2.75, 3.05) is 5.73 Å². The number of nitrogens with two attached hydrogens (primary N) is 1. The number of hydrogen-bond acceptors (Lipinski definition) is 2. The van der Waals surface area contributed by atoms with Crippen LogP contribution in [0.3, 0.4) is 0 Å². The number of nitrogen functional groups attached to an aromatic ring is 1. The third kappa shape index (κ3) is 1.60. The van der Waals surface area contributed by atoms with Crippen LogP contribution >= 0.6 is 22.9 Å². The average molecular weight is 226 g/mol. The summed E-state index contributed by atoms with van der Waals surface area (Å²) < 4.78 is 1.19. The second kappa shape index (κ2) is 3.79. The fraction of sp³-hybridized carbons (Fsp3) is 0.273. The molecular formula is C11H12ClNS. The van der Waals surface area contributed by atoms with Crippen molar-refractivity contribution in [2.24, 2.45) is 0 Å². The molecule has 1 aromatic heterocycles. The zero-order valence-corrected chi connectivity index (χ0v) is 9.58. The second-order valence-electron chi connectivity index (χ2n) is 3.30. The molecule has 0 saturated carbocycles. The van der Waals surface area contributed by atoms with E-state index in [9.17, 15) is 0 Å². The third-order valence-corrected chi connectivity index (χ3v) is 3.91. The molecule has 0 bridgehead atoms. The first-order chi connectivity index (χ1) is 6.74. The van der Waals surface area contributed by atoms with Gasteiger partial charge in [0.2, 0.25) is 0 Å². The minimum Gasteiger partial charge on any atom is -0.398 e. The van der Waals surface area contributed by atoms with Crippen LogP contribution in [0, 0.1) is 0 Å². The molecule has 1 heterocycles. The van der Waals surface area contributed by atoms with Crippen molar-refractivity contribution in [1.82, 2.24) is 0 Å². The monoisotopic (exact) mass is 225 g/mol. The Balaban J connectivity index is 2.67. The normalized spacial score (nSPS) is 11.0. The van der Waals surface area contributed by atoms with Gasteiger partial charge in [-0.2, -0.15) is 0 Å². The number of rotatable bonds is 2. The fourth-order valence-electron chi connectivity index (χ4n) is 1.55. The molecule has 2 N–H and O–H groups in total. The highest BCUT2D eigenvalue weighted by Gasteiger charge is 2.05. The van der Waals surface area contributed by atoms with E-state index in [4.69, 9.17) is 17.3 Å². The molecule has 0 aliphatic carbocycles. The summed E-state index contributed by atoms with van der Waals surface area (Å²) in [6, 6.07) is 6.28. The van der Waals surface area contributed by atoms with Gasteiger partial charge in [-0.25, -0.2) is 0 Å². The Morgan fingerprint density at radius 3 is 2.79 bits per heavy atom. The molecule has 1 nitrogen and oxygen atoms in total. The summed E-state index contributed by atoms with van der Waals surface area (Å²) in [7, 11) is 0. The quantitative estimate of drug-likeness (QED) is 0.611. The lowest BCUT2D eigenvalue weighted by molar-refractivity contribution is 1.19. The Morgan fingerprint density at radius 1 is 1.36 bits per heavy atom. The molecule has 2 rings (SSSR count). The van der Waals surface area contributed by atoms with Gasteiger partial charge in [0.05, 0.1) is 4.70 Å². The summed E-state index contributed by atoms with van der Waals surface area (Å²) in [5.41, 5.74) is 7.90. The predicted molar refractivity (Wildman–Crippen MR) is 65.2 cm³/mol. The number of fused-ring (bicyclic) bond motifs is 1. The van der Waals surface area contributed by atoms with Crippen LogP contribution in [0.2, 0.25) is 0 Å². The van der Waals surface area contributed by atoms with Crippen LogP contribution in [-0.4, -0.2) is 0 Å². The van der Waals surface area contributed by atoms with E-state index < -0.39 is 0 Å². The van der Waals surface area contributed by atoms with Gasteiger partial charge < -0.3 is 5.73 Å². The predicted octanol–water partition coefficient (Wildman–Crippen LogP) is 3.78. The van der Waals surface area contributed by atoms with Gasteiger partial charge in [0, 0.05) is 16.4 Å². The molecule has 3 heteroatoms. The van der Waals surface area contributed by atoms with Gasteiger partial charge in [0.15, 0.2) is 0 Å². The van der Waals surface area contributed by atoms with Crippen molar-refractivity contribution < 1.29 is 0 Å². The van der Waals surface area contributed by atoms with Gasteiger partial charge in [-0.1, -0.05) is 6.92 Å². The lowest BCUT2D eigenvalue weighted by atomic mass is 10.1. The standard InChI is InChI=1S/C11H12ClNS/c1-2-9-5-8-3-7(6-12)4-10(13)11(8)14-9/h3-5H,2,6,13H2,1H3. The van der Waals surface area contributed by atoms with E-state index in [1.165, 1.54) is 15.0 Å². The van der Waals surface area contributed by atoms with Crippen LogP contribution in [-0.2, 0) is 12.3 Å². The zero-order valence-electron chi connectivity index (χ0n) is 8.01. The maximum Gasteiger partial charge on any atom is 0.0575 e. The summed E-state index contributed by atoms with van der Waals surface area (Å²) in [4.78, 5) is 1.37. The SMILES string of the molecule is CCc1cc2cc(CCl)cc(N)c2s1.